The van der Waals surface area contributed by atoms with E-state index < -0.39 is 0 Å². The van der Waals surface area contributed by atoms with Crippen molar-refractivity contribution >= 4 is 22.1 Å². The Morgan fingerprint density at radius 2 is 1.52 bits per heavy atom. The minimum atomic E-state index is 0.614. The Bertz CT molecular complexity index is 1140. The van der Waals surface area contributed by atoms with Crippen LogP contribution in [0.5, 0.6) is 0 Å². The maximum atomic E-state index is 9.08. The van der Waals surface area contributed by atoms with Gasteiger partial charge < -0.3 is 0 Å². The van der Waals surface area contributed by atoms with Gasteiger partial charge >= 0.3 is 0 Å². The van der Waals surface area contributed by atoms with Gasteiger partial charge in [0, 0.05) is 11.1 Å². The molecule has 0 atom stereocenters. The molecule has 4 rings (SSSR count). The van der Waals surface area contributed by atoms with E-state index in [9.17, 15) is 0 Å². The highest BCUT2D eigenvalue weighted by molar-refractivity contribution is 6.16. The maximum absolute atomic E-state index is 9.08. The molecule has 0 fully saturated rings. The fourth-order valence-electron chi connectivity index (χ4n) is 4.01. The van der Waals surface area contributed by atoms with E-state index in [2.05, 4.69) is 88.4 Å². The molecule has 0 bridgehead atoms. The number of hydrogen-bond donors (Lipinski definition) is 1. The summed E-state index contributed by atoms with van der Waals surface area (Å²) in [5.41, 5.74) is 10.3. The van der Waals surface area contributed by atoms with E-state index in [0.29, 0.717) is 5.71 Å². The molecule has 0 saturated heterocycles. The van der Waals surface area contributed by atoms with Crippen molar-refractivity contribution in [2.45, 2.75) is 34.1 Å². The van der Waals surface area contributed by atoms with Crippen LogP contribution in [-0.4, -0.2) is 5.71 Å². The lowest BCUT2D eigenvalue weighted by Crippen LogP contribution is -2.09. The summed E-state index contributed by atoms with van der Waals surface area (Å²) in [5, 5.41) is 11.5. The molecule has 1 heteroatoms. The summed E-state index contributed by atoms with van der Waals surface area (Å²) in [4.78, 5) is 0. The molecule has 1 N–H and O–H groups in total. The Labute approximate surface area is 161 Å². The molecule has 0 amide bonds. The molecule has 27 heavy (non-hydrogen) atoms. The zero-order valence-corrected chi connectivity index (χ0v) is 16.5. The molecule has 0 saturated carbocycles. The van der Waals surface area contributed by atoms with Crippen LogP contribution in [0.1, 0.15) is 46.7 Å². The van der Waals surface area contributed by atoms with Gasteiger partial charge in [-0.15, -0.1) is 0 Å². The van der Waals surface area contributed by atoms with Gasteiger partial charge in [-0.25, -0.2) is 0 Å². The molecule has 0 spiro atoms. The molecule has 0 aliphatic heterocycles. The van der Waals surface area contributed by atoms with E-state index in [1.165, 1.54) is 44.2 Å². The Balaban J connectivity index is 1.96. The van der Waals surface area contributed by atoms with Crippen LogP contribution in [0.15, 0.2) is 66.3 Å². The summed E-state index contributed by atoms with van der Waals surface area (Å²) in [5.74, 6) is 0. The first-order valence-corrected chi connectivity index (χ1v) is 9.53. The first-order chi connectivity index (χ1) is 13.0. The zero-order chi connectivity index (χ0) is 19.1. The number of rotatable bonds is 3. The predicted molar refractivity (Wildman–Crippen MR) is 117 cm³/mol. The average molecular weight is 351 g/mol. The third kappa shape index (κ3) is 2.94. The topological polar surface area (TPSA) is 23.9 Å². The molecular weight excluding hydrogens is 326 g/mol. The summed E-state index contributed by atoms with van der Waals surface area (Å²) < 4.78 is 0. The molecule has 134 valence electrons. The van der Waals surface area contributed by atoms with Gasteiger partial charge in [0.05, 0.1) is 5.71 Å². The lowest BCUT2D eigenvalue weighted by Gasteiger charge is -2.18. The number of nitrogens with one attached hydrogen (secondary N) is 1. The van der Waals surface area contributed by atoms with Crippen molar-refractivity contribution in [2.24, 2.45) is 0 Å². The standard InChI is InChI=1S/C26H25N/c1-16-12-13-23(19(4)18(16)3)26(27)25-15-21-10-6-5-9-20(21)14-24(25)22-11-7-8-17(22)2/h5-10,12-15,27H,11H2,1-4H3. The number of hydrogen-bond acceptors (Lipinski definition) is 1. The van der Waals surface area contributed by atoms with Crippen LogP contribution in [0.2, 0.25) is 0 Å². The van der Waals surface area contributed by atoms with Crippen molar-refractivity contribution in [3.05, 3.63) is 99.6 Å². The Morgan fingerprint density at radius 1 is 0.815 bits per heavy atom. The van der Waals surface area contributed by atoms with Crippen LogP contribution >= 0.6 is 0 Å². The summed E-state index contributed by atoms with van der Waals surface area (Å²) in [6.45, 7) is 8.59. The first-order valence-electron chi connectivity index (χ1n) is 9.53. The quantitative estimate of drug-likeness (QED) is 0.495. The minimum absolute atomic E-state index is 0.614. The second-order valence-electron chi connectivity index (χ2n) is 7.57. The summed E-state index contributed by atoms with van der Waals surface area (Å²) in [6, 6.07) is 17.1. The fourth-order valence-corrected chi connectivity index (χ4v) is 4.01. The third-order valence-corrected chi connectivity index (χ3v) is 5.97. The smallest absolute Gasteiger partial charge is 0.0693 e. The van der Waals surface area contributed by atoms with Gasteiger partial charge in [0.25, 0.3) is 0 Å². The van der Waals surface area contributed by atoms with Crippen LogP contribution in [0.25, 0.3) is 16.3 Å². The Kier molecular flexibility index (Phi) is 4.31. The lowest BCUT2D eigenvalue weighted by molar-refractivity contribution is 1.25. The van der Waals surface area contributed by atoms with Crippen LogP contribution in [-0.2, 0) is 0 Å². The molecule has 1 aliphatic carbocycles. The van der Waals surface area contributed by atoms with Gasteiger partial charge in [0.15, 0.2) is 0 Å². The molecule has 0 unspecified atom stereocenters. The van der Waals surface area contributed by atoms with Gasteiger partial charge in [-0.3, -0.25) is 5.41 Å². The molecular formula is C26H25N. The van der Waals surface area contributed by atoms with E-state index >= 15 is 0 Å². The van der Waals surface area contributed by atoms with E-state index in [1.54, 1.807) is 0 Å². The van der Waals surface area contributed by atoms with Crippen molar-refractivity contribution in [2.75, 3.05) is 0 Å². The predicted octanol–water partition coefficient (Wildman–Crippen LogP) is 6.91. The van der Waals surface area contributed by atoms with Crippen LogP contribution in [0.3, 0.4) is 0 Å². The summed E-state index contributed by atoms with van der Waals surface area (Å²) in [7, 11) is 0. The van der Waals surface area contributed by atoms with Crippen molar-refractivity contribution in [1.82, 2.24) is 0 Å². The number of allylic oxidation sites excluding steroid dienone is 4. The highest BCUT2D eigenvalue weighted by Crippen LogP contribution is 2.35. The second-order valence-corrected chi connectivity index (χ2v) is 7.57. The Morgan fingerprint density at radius 3 is 2.19 bits per heavy atom. The molecule has 0 heterocycles. The van der Waals surface area contributed by atoms with E-state index in [4.69, 9.17) is 5.41 Å². The molecule has 0 aromatic heterocycles. The Hall–Kier alpha value is -2.93. The van der Waals surface area contributed by atoms with Gasteiger partial charge in [-0.1, -0.05) is 48.6 Å². The minimum Gasteiger partial charge on any atom is -0.300 e. The van der Waals surface area contributed by atoms with Crippen molar-refractivity contribution in [3.63, 3.8) is 0 Å². The average Bonchev–Trinajstić information content (AvgIpc) is 3.10. The number of benzene rings is 3. The van der Waals surface area contributed by atoms with Crippen molar-refractivity contribution in [3.8, 4) is 0 Å². The van der Waals surface area contributed by atoms with Crippen LogP contribution < -0.4 is 0 Å². The molecule has 3 aromatic carbocycles. The molecule has 0 radical (unpaired) electrons. The first kappa shape index (κ1) is 17.5. The van der Waals surface area contributed by atoms with Gasteiger partial charge in [-0.05, 0) is 90.4 Å². The van der Waals surface area contributed by atoms with Gasteiger partial charge in [0.1, 0.15) is 0 Å². The van der Waals surface area contributed by atoms with Gasteiger partial charge in [-0.2, -0.15) is 0 Å². The molecule has 3 aromatic rings. The third-order valence-electron chi connectivity index (χ3n) is 5.97. The van der Waals surface area contributed by atoms with E-state index in [1.807, 2.05) is 0 Å². The fraction of sp³-hybridized carbons (Fsp3) is 0.192. The van der Waals surface area contributed by atoms with Crippen molar-refractivity contribution in [1.29, 1.82) is 5.41 Å². The zero-order valence-electron chi connectivity index (χ0n) is 16.5. The highest BCUT2D eigenvalue weighted by atomic mass is 14.4. The number of fused-ring (bicyclic) bond motifs is 1. The summed E-state index contributed by atoms with van der Waals surface area (Å²) in [6.07, 6.45) is 5.35. The maximum Gasteiger partial charge on any atom is 0.0693 e. The lowest BCUT2D eigenvalue weighted by atomic mass is 9.86. The van der Waals surface area contributed by atoms with Crippen molar-refractivity contribution < 1.29 is 0 Å². The second kappa shape index (κ2) is 6.66. The summed E-state index contributed by atoms with van der Waals surface area (Å²) >= 11 is 0. The molecule has 1 aliphatic rings. The largest absolute Gasteiger partial charge is 0.300 e. The normalized spacial score (nSPS) is 13.6. The van der Waals surface area contributed by atoms with Crippen LogP contribution in [0, 0.1) is 26.2 Å². The number of aryl methyl sites for hydroxylation is 1. The molecule has 1 nitrogen and oxygen atoms in total. The van der Waals surface area contributed by atoms with E-state index in [0.717, 1.165) is 17.5 Å². The monoisotopic (exact) mass is 351 g/mol. The highest BCUT2D eigenvalue weighted by Gasteiger charge is 2.19. The van der Waals surface area contributed by atoms with Crippen LogP contribution in [0.4, 0.5) is 0 Å². The van der Waals surface area contributed by atoms with Gasteiger partial charge in [0.2, 0.25) is 0 Å². The van der Waals surface area contributed by atoms with E-state index in [-0.39, 0.29) is 0 Å². The SMILES string of the molecule is CC1=C(c2cc3ccccc3cc2C(=N)c2ccc(C)c(C)c2C)CC=C1.